The number of amides is 2. The monoisotopic (exact) mass is 362 g/mol. The number of carbonyl (C=O) groups is 1. The van der Waals surface area contributed by atoms with Crippen molar-refractivity contribution in [3.8, 4) is 0 Å². The molecule has 3 nitrogen and oxygen atoms in total. The van der Waals surface area contributed by atoms with Crippen LogP contribution < -0.4 is 5.32 Å². The van der Waals surface area contributed by atoms with Gasteiger partial charge in [-0.15, -0.1) is 0 Å². The molecule has 1 heterocycles. The lowest BCUT2D eigenvalue weighted by molar-refractivity contribution is 0.182. The highest BCUT2D eigenvalue weighted by Crippen LogP contribution is 2.26. The van der Waals surface area contributed by atoms with Gasteiger partial charge in [0.1, 0.15) is 0 Å². The number of likely N-dealkylation sites (tertiary alicyclic amines) is 1. The van der Waals surface area contributed by atoms with Crippen LogP contribution in [0.5, 0.6) is 0 Å². The van der Waals surface area contributed by atoms with E-state index in [1.54, 1.807) is 18.2 Å². The molecule has 5 heteroatoms. The van der Waals surface area contributed by atoms with E-state index >= 15 is 0 Å². The van der Waals surface area contributed by atoms with Crippen LogP contribution >= 0.6 is 23.2 Å². The molecular formula is C19H20Cl2N2O. The first-order valence-electron chi connectivity index (χ1n) is 8.17. The second-order valence-corrected chi connectivity index (χ2v) is 6.99. The summed E-state index contributed by atoms with van der Waals surface area (Å²) in [4.78, 5) is 14.2. The number of carbonyl (C=O) groups excluding carboxylic acids is 1. The Morgan fingerprint density at radius 2 is 1.75 bits per heavy atom. The van der Waals surface area contributed by atoms with Crippen molar-refractivity contribution in [2.75, 3.05) is 18.4 Å². The Bertz CT molecular complexity index is 698. The minimum Gasteiger partial charge on any atom is -0.325 e. The molecule has 1 aliphatic rings. The summed E-state index contributed by atoms with van der Waals surface area (Å²) < 4.78 is 0. The third kappa shape index (κ3) is 4.43. The van der Waals surface area contributed by atoms with Crippen molar-refractivity contribution in [2.45, 2.75) is 19.3 Å². The standard InChI is InChI=1S/C19H20Cl2N2O/c20-17-7-6-16(13-18(17)21)22-19(24)23-10-8-15(9-11-23)12-14-4-2-1-3-5-14/h1-7,13,15H,8-12H2,(H,22,24). The molecule has 1 saturated heterocycles. The van der Waals surface area contributed by atoms with Gasteiger partial charge in [-0.2, -0.15) is 0 Å². The van der Waals surface area contributed by atoms with E-state index in [0.29, 0.717) is 21.7 Å². The van der Waals surface area contributed by atoms with E-state index in [1.165, 1.54) is 5.56 Å². The molecule has 0 atom stereocenters. The summed E-state index contributed by atoms with van der Waals surface area (Å²) in [7, 11) is 0. The summed E-state index contributed by atoms with van der Waals surface area (Å²) >= 11 is 11.9. The summed E-state index contributed by atoms with van der Waals surface area (Å²) in [6.07, 6.45) is 3.15. The third-order valence-corrected chi connectivity index (χ3v) is 5.18. The third-order valence-electron chi connectivity index (χ3n) is 4.44. The molecule has 126 valence electrons. The van der Waals surface area contributed by atoms with E-state index in [1.807, 2.05) is 11.0 Å². The number of hydrogen-bond donors (Lipinski definition) is 1. The molecule has 0 spiro atoms. The second kappa shape index (κ2) is 7.91. The quantitative estimate of drug-likeness (QED) is 0.769. The highest BCUT2D eigenvalue weighted by Gasteiger charge is 2.23. The molecule has 2 aromatic rings. The average molecular weight is 363 g/mol. The number of anilines is 1. The summed E-state index contributed by atoms with van der Waals surface area (Å²) in [5.41, 5.74) is 2.04. The van der Waals surface area contributed by atoms with E-state index in [9.17, 15) is 4.79 Å². The number of urea groups is 1. The van der Waals surface area contributed by atoms with Gasteiger partial charge >= 0.3 is 6.03 Å². The Labute approximate surface area is 152 Å². The van der Waals surface area contributed by atoms with Gasteiger partial charge in [-0.25, -0.2) is 4.79 Å². The minimum absolute atomic E-state index is 0.0773. The fraction of sp³-hybridized carbons (Fsp3) is 0.316. The maximum absolute atomic E-state index is 12.4. The zero-order valence-electron chi connectivity index (χ0n) is 13.3. The van der Waals surface area contributed by atoms with E-state index < -0.39 is 0 Å². The van der Waals surface area contributed by atoms with Crippen LogP contribution in [-0.4, -0.2) is 24.0 Å². The Kier molecular flexibility index (Phi) is 5.64. The number of benzene rings is 2. The van der Waals surface area contributed by atoms with E-state index in [0.717, 1.165) is 32.4 Å². The Morgan fingerprint density at radius 1 is 1.04 bits per heavy atom. The van der Waals surface area contributed by atoms with Gasteiger partial charge in [-0.1, -0.05) is 53.5 Å². The summed E-state index contributed by atoms with van der Waals surface area (Å²) in [5, 5.41) is 3.81. The first-order chi connectivity index (χ1) is 11.6. The fourth-order valence-corrected chi connectivity index (χ4v) is 3.36. The summed E-state index contributed by atoms with van der Waals surface area (Å²) in [6, 6.07) is 15.6. The minimum atomic E-state index is -0.0773. The molecule has 0 aliphatic carbocycles. The summed E-state index contributed by atoms with van der Waals surface area (Å²) in [5.74, 6) is 0.640. The van der Waals surface area contributed by atoms with Crippen LogP contribution in [0, 0.1) is 5.92 Å². The highest BCUT2D eigenvalue weighted by molar-refractivity contribution is 6.42. The first kappa shape index (κ1) is 17.1. The summed E-state index contributed by atoms with van der Waals surface area (Å²) in [6.45, 7) is 1.56. The molecular weight excluding hydrogens is 343 g/mol. The molecule has 2 amide bonds. The zero-order chi connectivity index (χ0) is 16.9. The van der Waals surface area contributed by atoms with Crippen LogP contribution in [0.25, 0.3) is 0 Å². The Hall–Kier alpha value is -1.71. The molecule has 0 saturated carbocycles. The van der Waals surface area contributed by atoms with Crippen molar-refractivity contribution >= 4 is 34.9 Å². The lowest BCUT2D eigenvalue weighted by atomic mass is 9.90. The molecule has 3 rings (SSSR count). The van der Waals surface area contributed by atoms with Crippen LogP contribution in [0.3, 0.4) is 0 Å². The van der Waals surface area contributed by atoms with Gasteiger partial charge in [0.15, 0.2) is 0 Å². The molecule has 0 aromatic heterocycles. The van der Waals surface area contributed by atoms with Gasteiger partial charge in [0.05, 0.1) is 10.0 Å². The molecule has 1 fully saturated rings. The highest BCUT2D eigenvalue weighted by atomic mass is 35.5. The van der Waals surface area contributed by atoms with Crippen molar-refractivity contribution in [1.82, 2.24) is 4.90 Å². The molecule has 24 heavy (non-hydrogen) atoms. The molecule has 2 aromatic carbocycles. The van der Waals surface area contributed by atoms with Gasteiger partial charge in [-0.05, 0) is 48.9 Å². The van der Waals surface area contributed by atoms with E-state index in [4.69, 9.17) is 23.2 Å². The van der Waals surface area contributed by atoms with Crippen LogP contribution in [0.15, 0.2) is 48.5 Å². The van der Waals surface area contributed by atoms with Crippen molar-refractivity contribution in [3.05, 3.63) is 64.1 Å². The van der Waals surface area contributed by atoms with Crippen LogP contribution in [-0.2, 0) is 6.42 Å². The van der Waals surface area contributed by atoms with Gasteiger partial charge in [0.2, 0.25) is 0 Å². The van der Waals surface area contributed by atoms with Crippen LogP contribution in [0.4, 0.5) is 10.5 Å². The number of rotatable bonds is 3. The Balaban J connectivity index is 1.50. The predicted octanol–water partition coefficient (Wildman–Crippen LogP) is 5.48. The predicted molar refractivity (Wildman–Crippen MR) is 99.9 cm³/mol. The van der Waals surface area contributed by atoms with Crippen molar-refractivity contribution in [3.63, 3.8) is 0 Å². The SMILES string of the molecule is O=C(Nc1ccc(Cl)c(Cl)c1)N1CCC(Cc2ccccc2)CC1. The molecule has 0 radical (unpaired) electrons. The lowest BCUT2D eigenvalue weighted by Gasteiger charge is -2.32. The number of halogens is 2. The zero-order valence-corrected chi connectivity index (χ0v) is 14.9. The smallest absolute Gasteiger partial charge is 0.321 e. The van der Waals surface area contributed by atoms with E-state index in [2.05, 4.69) is 29.6 Å². The topological polar surface area (TPSA) is 32.3 Å². The fourth-order valence-electron chi connectivity index (χ4n) is 3.06. The number of hydrogen-bond acceptors (Lipinski definition) is 1. The maximum Gasteiger partial charge on any atom is 0.321 e. The van der Waals surface area contributed by atoms with Gasteiger partial charge in [0.25, 0.3) is 0 Å². The average Bonchev–Trinajstić information content (AvgIpc) is 2.60. The van der Waals surface area contributed by atoms with Crippen molar-refractivity contribution in [1.29, 1.82) is 0 Å². The van der Waals surface area contributed by atoms with Crippen LogP contribution in [0.1, 0.15) is 18.4 Å². The second-order valence-electron chi connectivity index (χ2n) is 6.18. The molecule has 0 unspecified atom stereocenters. The van der Waals surface area contributed by atoms with E-state index in [-0.39, 0.29) is 6.03 Å². The van der Waals surface area contributed by atoms with Gasteiger partial charge in [-0.3, -0.25) is 0 Å². The first-order valence-corrected chi connectivity index (χ1v) is 8.92. The molecule has 1 N–H and O–H groups in total. The molecule has 0 bridgehead atoms. The maximum atomic E-state index is 12.4. The van der Waals surface area contributed by atoms with Gasteiger partial charge in [0, 0.05) is 18.8 Å². The van der Waals surface area contributed by atoms with Gasteiger partial charge < -0.3 is 10.2 Å². The normalized spacial score (nSPS) is 15.3. The van der Waals surface area contributed by atoms with Crippen molar-refractivity contribution in [2.24, 2.45) is 5.92 Å². The largest absolute Gasteiger partial charge is 0.325 e. The molecule has 1 aliphatic heterocycles. The lowest BCUT2D eigenvalue weighted by Crippen LogP contribution is -2.41. The number of nitrogens with one attached hydrogen (secondary N) is 1. The van der Waals surface area contributed by atoms with Crippen LogP contribution in [0.2, 0.25) is 10.0 Å². The van der Waals surface area contributed by atoms with Crippen molar-refractivity contribution < 1.29 is 4.79 Å². The Morgan fingerprint density at radius 3 is 2.42 bits per heavy atom. The number of nitrogens with zero attached hydrogens (tertiary/aromatic N) is 1. The number of piperidine rings is 1.